The smallest absolute Gasteiger partial charge is 0.00884 e. The lowest BCUT2D eigenvalue weighted by Gasteiger charge is -2.08. The summed E-state index contributed by atoms with van der Waals surface area (Å²) in [6.07, 6.45) is 14.0. The van der Waals surface area contributed by atoms with Gasteiger partial charge in [0.25, 0.3) is 0 Å². The van der Waals surface area contributed by atoms with Crippen LogP contribution in [-0.4, -0.2) is 0 Å². The van der Waals surface area contributed by atoms with Gasteiger partial charge in [0.15, 0.2) is 0 Å². The van der Waals surface area contributed by atoms with E-state index in [9.17, 15) is 0 Å². The van der Waals surface area contributed by atoms with E-state index in [0.29, 0.717) is 0 Å². The molecular weight excluding hydrogens is 108 g/mol. The number of rotatable bonds is 0. The molecule has 0 N–H and O–H groups in total. The van der Waals surface area contributed by atoms with E-state index < -0.39 is 0 Å². The van der Waals surface area contributed by atoms with Crippen LogP contribution in [0.2, 0.25) is 0 Å². The average molecular weight is 116 g/mol. The molecule has 0 fully saturated rings. The highest BCUT2D eigenvalue weighted by Gasteiger charge is 2.04. The van der Waals surface area contributed by atoms with Crippen molar-refractivity contribution in [3.05, 3.63) is 47.6 Å². The topological polar surface area (TPSA) is 0 Å². The van der Waals surface area contributed by atoms with Crippen molar-refractivity contribution in [3.8, 4) is 0 Å². The highest BCUT2D eigenvalue weighted by molar-refractivity contribution is 5.50. The van der Waals surface area contributed by atoms with Crippen molar-refractivity contribution >= 4 is 0 Å². The van der Waals surface area contributed by atoms with Crippen molar-refractivity contribution in [2.45, 2.75) is 6.42 Å². The molecule has 0 spiro atoms. The summed E-state index contributed by atoms with van der Waals surface area (Å²) in [6.45, 7) is 0. The number of hydrogen-bond acceptors (Lipinski definition) is 0. The third-order valence-electron chi connectivity index (χ3n) is 1.69. The molecule has 9 heavy (non-hydrogen) atoms. The molecule has 2 rings (SSSR count). The first kappa shape index (κ1) is 4.80. The van der Waals surface area contributed by atoms with Crippen LogP contribution in [0.15, 0.2) is 47.6 Å². The number of allylic oxidation sites excluding steroid dienone is 8. The van der Waals surface area contributed by atoms with Crippen LogP contribution in [0.4, 0.5) is 0 Å². The first-order valence-corrected chi connectivity index (χ1v) is 3.21. The van der Waals surface area contributed by atoms with Gasteiger partial charge in [-0.2, -0.15) is 0 Å². The molecule has 0 radical (unpaired) electrons. The quantitative estimate of drug-likeness (QED) is 0.455. The standard InChI is InChI=1S/C9H8/c1-2-5-8(4-1)9-6-3-7-9/h1-6H,7H2. The van der Waals surface area contributed by atoms with Gasteiger partial charge in [0.2, 0.25) is 0 Å². The van der Waals surface area contributed by atoms with E-state index in [0.717, 1.165) is 6.42 Å². The molecule has 0 saturated heterocycles. The van der Waals surface area contributed by atoms with Crippen LogP contribution < -0.4 is 0 Å². The molecule has 0 unspecified atom stereocenters. The molecule has 2 aliphatic rings. The second-order valence-electron chi connectivity index (χ2n) is 2.31. The van der Waals surface area contributed by atoms with Crippen LogP contribution >= 0.6 is 0 Å². The fourth-order valence-electron chi connectivity index (χ4n) is 1.04. The maximum atomic E-state index is 2.18. The number of hydrogen-bond donors (Lipinski definition) is 0. The largest absolute Gasteiger partial charge is 0.0798 e. The molecule has 0 atom stereocenters. The first-order chi connectivity index (χ1) is 4.47. The molecule has 0 aliphatic heterocycles. The van der Waals surface area contributed by atoms with Gasteiger partial charge in [0, 0.05) is 0 Å². The van der Waals surface area contributed by atoms with Gasteiger partial charge >= 0.3 is 0 Å². The summed E-state index contributed by atoms with van der Waals surface area (Å²) in [5, 5.41) is 0. The Hall–Kier alpha value is -1.04. The lowest BCUT2D eigenvalue weighted by molar-refractivity contribution is 1.17. The molecule has 44 valence electrons. The summed E-state index contributed by atoms with van der Waals surface area (Å²) in [7, 11) is 0. The fourth-order valence-corrected chi connectivity index (χ4v) is 1.04. The van der Waals surface area contributed by atoms with Gasteiger partial charge in [-0.3, -0.25) is 0 Å². The van der Waals surface area contributed by atoms with Crippen molar-refractivity contribution in [3.63, 3.8) is 0 Å². The Labute approximate surface area is 54.9 Å². The van der Waals surface area contributed by atoms with Gasteiger partial charge in [-0.15, -0.1) is 0 Å². The molecule has 0 aromatic rings. The maximum absolute atomic E-state index is 2.18. The van der Waals surface area contributed by atoms with Crippen LogP contribution in [0.5, 0.6) is 0 Å². The second-order valence-corrected chi connectivity index (χ2v) is 2.31. The van der Waals surface area contributed by atoms with Gasteiger partial charge in [-0.05, 0) is 17.6 Å². The summed E-state index contributed by atoms with van der Waals surface area (Å²) < 4.78 is 0. The predicted molar refractivity (Wildman–Crippen MR) is 39.1 cm³/mol. The van der Waals surface area contributed by atoms with Crippen LogP contribution in [0, 0.1) is 0 Å². The van der Waals surface area contributed by atoms with Crippen molar-refractivity contribution in [1.29, 1.82) is 0 Å². The molecule has 0 saturated carbocycles. The highest BCUT2D eigenvalue weighted by Crippen LogP contribution is 2.23. The average Bonchev–Trinajstić information content (AvgIpc) is 2.11. The Balaban J connectivity index is 2.40. The zero-order valence-electron chi connectivity index (χ0n) is 5.17. The second kappa shape index (κ2) is 1.73. The summed E-state index contributed by atoms with van der Waals surface area (Å²) in [4.78, 5) is 0. The maximum Gasteiger partial charge on any atom is -0.00884 e. The van der Waals surface area contributed by atoms with E-state index in [-0.39, 0.29) is 0 Å². The minimum atomic E-state index is 1.16. The minimum Gasteiger partial charge on any atom is -0.0798 e. The van der Waals surface area contributed by atoms with Crippen molar-refractivity contribution < 1.29 is 0 Å². The van der Waals surface area contributed by atoms with E-state index in [1.807, 2.05) is 0 Å². The summed E-state index contributed by atoms with van der Waals surface area (Å²) in [5.74, 6) is 0. The summed E-state index contributed by atoms with van der Waals surface area (Å²) in [5.41, 5.74) is 2.86. The van der Waals surface area contributed by atoms with Crippen LogP contribution in [0.1, 0.15) is 6.42 Å². The SMILES string of the molecule is C1=CC(=C2C=CC2)C=C1. The molecule has 0 amide bonds. The molecule has 0 heterocycles. The Kier molecular flexibility index (Phi) is 0.922. The van der Waals surface area contributed by atoms with Gasteiger partial charge < -0.3 is 0 Å². The van der Waals surface area contributed by atoms with Gasteiger partial charge in [0.1, 0.15) is 0 Å². The van der Waals surface area contributed by atoms with E-state index >= 15 is 0 Å². The summed E-state index contributed by atoms with van der Waals surface area (Å²) in [6, 6.07) is 0. The molecule has 0 bridgehead atoms. The van der Waals surface area contributed by atoms with E-state index in [2.05, 4.69) is 36.5 Å². The van der Waals surface area contributed by atoms with Crippen molar-refractivity contribution in [1.82, 2.24) is 0 Å². The zero-order valence-corrected chi connectivity index (χ0v) is 5.17. The van der Waals surface area contributed by atoms with Crippen LogP contribution in [-0.2, 0) is 0 Å². The third-order valence-corrected chi connectivity index (χ3v) is 1.69. The van der Waals surface area contributed by atoms with E-state index in [4.69, 9.17) is 0 Å². The van der Waals surface area contributed by atoms with E-state index in [1.165, 1.54) is 11.1 Å². The van der Waals surface area contributed by atoms with Gasteiger partial charge in [-0.25, -0.2) is 0 Å². The summed E-state index contributed by atoms with van der Waals surface area (Å²) >= 11 is 0. The van der Waals surface area contributed by atoms with Crippen LogP contribution in [0.3, 0.4) is 0 Å². The fraction of sp³-hybridized carbons (Fsp3) is 0.111. The Morgan fingerprint density at radius 2 is 1.67 bits per heavy atom. The zero-order chi connectivity index (χ0) is 6.10. The predicted octanol–water partition coefficient (Wildman–Crippen LogP) is 2.37. The monoisotopic (exact) mass is 116 g/mol. The lowest BCUT2D eigenvalue weighted by atomic mass is 9.97. The molecule has 0 aromatic heterocycles. The van der Waals surface area contributed by atoms with Crippen molar-refractivity contribution in [2.75, 3.05) is 0 Å². The molecule has 0 heteroatoms. The lowest BCUT2D eigenvalue weighted by Crippen LogP contribution is -1.88. The van der Waals surface area contributed by atoms with E-state index in [1.54, 1.807) is 0 Å². The Bertz CT molecular complexity index is 223. The first-order valence-electron chi connectivity index (χ1n) is 3.21. The normalized spacial score (nSPS) is 21.3. The molecule has 0 nitrogen and oxygen atoms in total. The third kappa shape index (κ3) is 0.672. The Morgan fingerprint density at radius 3 is 2.11 bits per heavy atom. The minimum absolute atomic E-state index is 1.16. The van der Waals surface area contributed by atoms with Gasteiger partial charge in [0.05, 0.1) is 0 Å². The van der Waals surface area contributed by atoms with Crippen molar-refractivity contribution in [2.24, 2.45) is 0 Å². The molecular formula is C9H8. The molecule has 2 aliphatic carbocycles. The highest BCUT2D eigenvalue weighted by atomic mass is 14.1. The Morgan fingerprint density at radius 1 is 1.00 bits per heavy atom. The molecule has 0 aromatic carbocycles. The van der Waals surface area contributed by atoms with Gasteiger partial charge in [-0.1, -0.05) is 36.5 Å². The van der Waals surface area contributed by atoms with Crippen LogP contribution in [0.25, 0.3) is 0 Å².